The molecule has 0 saturated carbocycles. The van der Waals surface area contributed by atoms with Gasteiger partial charge in [0.1, 0.15) is 11.3 Å². The van der Waals surface area contributed by atoms with Crippen LogP contribution in [0, 0.1) is 6.92 Å². The van der Waals surface area contributed by atoms with Crippen LogP contribution in [0.1, 0.15) is 15.9 Å². The number of furan rings is 1. The highest BCUT2D eigenvalue weighted by atomic mass is 16.3. The summed E-state index contributed by atoms with van der Waals surface area (Å²) in [7, 11) is 0. The molecule has 0 atom stereocenters. The van der Waals surface area contributed by atoms with Crippen molar-refractivity contribution < 1.29 is 9.21 Å². The van der Waals surface area contributed by atoms with Crippen molar-refractivity contribution >= 4 is 17.3 Å². The van der Waals surface area contributed by atoms with Gasteiger partial charge in [-0.05, 0) is 25.1 Å². The number of carbonyl (C=O) groups excluding carboxylic acids is 1. The Morgan fingerprint density at radius 1 is 1.06 bits per heavy atom. The molecule has 0 aliphatic rings. The highest BCUT2D eigenvalue weighted by Gasteiger charge is 2.10. The van der Waals surface area contributed by atoms with Gasteiger partial charge in [0.2, 0.25) is 0 Å². The number of para-hydroxylation sites is 1. The van der Waals surface area contributed by atoms with E-state index in [9.17, 15) is 4.79 Å². The summed E-state index contributed by atoms with van der Waals surface area (Å²) in [5, 5.41) is 1.05. The molecule has 0 amide bonds. The second kappa shape index (κ2) is 4.15. The van der Waals surface area contributed by atoms with Crippen LogP contribution in [0.25, 0.3) is 22.3 Å². The molecule has 0 bridgehead atoms. The third kappa shape index (κ3) is 1.72. The minimum absolute atomic E-state index is 0.652. The summed E-state index contributed by atoms with van der Waals surface area (Å²) in [6.45, 7) is 2.00. The van der Waals surface area contributed by atoms with Gasteiger partial charge in [-0.15, -0.1) is 0 Å². The van der Waals surface area contributed by atoms with E-state index in [0.717, 1.165) is 34.1 Å². The van der Waals surface area contributed by atoms with Crippen molar-refractivity contribution in [1.29, 1.82) is 0 Å². The number of fused-ring (bicyclic) bond motifs is 1. The lowest BCUT2D eigenvalue weighted by Gasteiger charge is -2.02. The molecule has 0 spiro atoms. The van der Waals surface area contributed by atoms with Gasteiger partial charge in [-0.1, -0.05) is 35.9 Å². The molecule has 0 fully saturated rings. The van der Waals surface area contributed by atoms with Crippen LogP contribution < -0.4 is 0 Å². The van der Waals surface area contributed by atoms with Crippen LogP contribution in [-0.4, -0.2) is 6.29 Å². The van der Waals surface area contributed by atoms with E-state index < -0.39 is 0 Å². The minimum Gasteiger partial charge on any atom is -0.456 e. The molecule has 88 valence electrons. The summed E-state index contributed by atoms with van der Waals surface area (Å²) in [5.74, 6) is 0.738. The lowest BCUT2D eigenvalue weighted by atomic mass is 10.0. The monoisotopic (exact) mass is 236 g/mol. The first-order chi connectivity index (χ1) is 8.78. The molecular weight excluding hydrogens is 224 g/mol. The van der Waals surface area contributed by atoms with Gasteiger partial charge in [0.25, 0.3) is 0 Å². The summed E-state index contributed by atoms with van der Waals surface area (Å²) in [4.78, 5) is 11.1. The SMILES string of the molecule is Cc1ccc(C=O)c(-c2cc3ccccc3o2)c1. The summed E-state index contributed by atoms with van der Waals surface area (Å²) in [6.07, 6.45) is 0.863. The first-order valence-corrected chi connectivity index (χ1v) is 5.83. The molecule has 0 N–H and O–H groups in total. The van der Waals surface area contributed by atoms with Crippen molar-refractivity contribution in [2.75, 3.05) is 0 Å². The van der Waals surface area contributed by atoms with E-state index in [4.69, 9.17) is 4.42 Å². The molecule has 0 saturated heterocycles. The van der Waals surface area contributed by atoms with E-state index in [1.54, 1.807) is 0 Å². The van der Waals surface area contributed by atoms with Crippen LogP contribution in [0.15, 0.2) is 52.9 Å². The van der Waals surface area contributed by atoms with Crippen molar-refractivity contribution in [3.63, 3.8) is 0 Å². The second-order valence-corrected chi connectivity index (χ2v) is 4.36. The zero-order valence-electron chi connectivity index (χ0n) is 10.0. The van der Waals surface area contributed by atoms with Gasteiger partial charge in [0, 0.05) is 16.5 Å². The van der Waals surface area contributed by atoms with Crippen LogP contribution >= 0.6 is 0 Å². The van der Waals surface area contributed by atoms with Crippen LogP contribution in [0.4, 0.5) is 0 Å². The summed E-state index contributed by atoms with van der Waals surface area (Å²) >= 11 is 0. The number of aryl methyl sites for hydroxylation is 1. The Kier molecular flexibility index (Phi) is 2.49. The quantitative estimate of drug-likeness (QED) is 0.623. The van der Waals surface area contributed by atoms with Crippen molar-refractivity contribution in [2.45, 2.75) is 6.92 Å². The van der Waals surface area contributed by atoms with E-state index in [-0.39, 0.29) is 0 Å². The molecule has 2 nitrogen and oxygen atoms in total. The molecule has 0 aliphatic carbocycles. The van der Waals surface area contributed by atoms with Gasteiger partial charge in [-0.2, -0.15) is 0 Å². The fraction of sp³-hybridized carbons (Fsp3) is 0.0625. The predicted molar refractivity (Wildman–Crippen MR) is 71.8 cm³/mol. The molecule has 1 heterocycles. The standard InChI is InChI=1S/C16H12O2/c1-11-6-7-13(10-17)14(8-11)16-9-12-4-2-3-5-15(12)18-16/h2-10H,1H3. The third-order valence-corrected chi connectivity index (χ3v) is 3.03. The van der Waals surface area contributed by atoms with Crippen LogP contribution in [0.3, 0.4) is 0 Å². The fourth-order valence-corrected chi connectivity index (χ4v) is 2.10. The van der Waals surface area contributed by atoms with Crippen molar-refractivity contribution in [3.8, 4) is 11.3 Å². The van der Waals surface area contributed by atoms with Gasteiger partial charge in [0.05, 0.1) is 0 Å². The van der Waals surface area contributed by atoms with Crippen molar-refractivity contribution in [1.82, 2.24) is 0 Å². The lowest BCUT2D eigenvalue weighted by molar-refractivity contribution is 0.112. The minimum atomic E-state index is 0.652. The first kappa shape index (κ1) is 10.8. The summed E-state index contributed by atoms with van der Waals surface area (Å²) in [6, 6.07) is 15.5. The molecular formula is C16H12O2. The second-order valence-electron chi connectivity index (χ2n) is 4.36. The maximum atomic E-state index is 11.1. The van der Waals surface area contributed by atoms with Gasteiger partial charge < -0.3 is 4.42 Å². The Hall–Kier alpha value is -2.35. The Balaban J connectivity index is 2.25. The number of rotatable bonds is 2. The van der Waals surface area contributed by atoms with Crippen LogP contribution in [-0.2, 0) is 0 Å². The molecule has 3 aromatic rings. The Bertz CT molecular complexity index is 690. The van der Waals surface area contributed by atoms with E-state index >= 15 is 0 Å². The van der Waals surface area contributed by atoms with Gasteiger partial charge in [-0.25, -0.2) is 0 Å². The predicted octanol–water partition coefficient (Wildman–Crippen LogP) is 4.22. The normalized spacial score (nSPS) is 10.7. The average Bonchev–Trinajstić information content (AvgIpc) is 2.82. The number of hydrogen-bond donors (Lipinski definition) is 0. The maximum absolute atomic E-state index is 11.1. The molecule has 0 unspecified atom stereocenters. The van der Waals surface area contributed by atoms with Gasteiger partial charge >= 0.3 is 0 Å². The topological polar surface area (TPSA) is 30.2 Å². The highest BCUT2D eigenvalue weighted by Crippen LogP contribution is 2.30. The number of hydrogen-bond acceptors (Lipinski definition) is 2. The van der Waals surface area contributed by atoms with Crippen molar-refractivity contribution in [3.05, 3.63) is 59.7 Å². The Morgan fingerprint density at radius 3 is 2.67 bits per heavy atom. The highest BCUT2D eigenvalue weighted by molar-refractivity contribution is 5.90. The average molecular weight is 236 g/mol. The van der Waals surface area contributed by atoms with Crippen molar-refractivity contribution in [2.24, 2.45) is 0 Å². The lowest BCUT2D eigenvalue weighted by Crippen LogP contribution is -1.87. The number of benzene rings is 2. The largest absolute Gasteiger partial charge is 0.456 e. The zero-order chi connectivity index (χ0) is 12.5. The van der Waals surface area contributed by atoms with E-state index in [1.165, 1.54) is 0 Å². The van der Waals surface area contributed by atoms with Gasteiger partial charge in [0.15, 0.2) is 6.29 Å². The molecule has 0 aliphatic heterocycles. The molecule has 1 aromatic heterocycles. The number of aldehydes is 1. The molecule has 2 heteroatoms. The third-order valence-electron chi connectivity index (χ3n) is 3.03. The number of carbonyl (C=O) groups is 1. The van der Waals surface area contributed by atoms with E-state index in [0.29, 0.717) is 5.56 Å². The Morgan fingerprint density at radius 2 is 1.89 bits per heavy atom. The van der Waals surface area contributed by atoms with Crippen LogP contribution in [0.2, 0.25) is 0 Å². The smallest absolute Gasteiger partial charge is 0.150 e. The molecule has 18 heavy (non-hydrogen) atoms. The van der Waals surface area contributed by atoms with Gasteiger partial charge in [-0.3, -0.25) is 4.79 Å². The van der Waals surface area contributed by atoms with E-state index in [1.807, 2.05) is 55.5 Å². The molecule has 0 radical (unpaired) electrons. The maximum Gasteiger partial charge on any atom is 0.150 e. The van der Waals surface area contributed by atoms with E-state index in [2.05, 4.69) is 0 Å². The molecule has 2 aromatic carbocycles. The molecule has 3 rings (SSSR count). The Labute approximate surface area is 105 Å². The fourth-order valence-electron chi connectivity index (χ4n) is 2.10. The summed E-state index contributed by atoms with van der Waals surface area (Å²) < 4.78 is 5.79. The van der Waals surface area contributed by atoms with Crippen LogP contribution in [0.5, 0.6) is 0 Å². The zero-order valence-corrected chi connectivity index (χ0v) is 10.0. The summed E-state index contributed by atoms with van der Waals surface area (Å²) in [5.41, 5.74) is 3.45. The first-order valence-electron chi connectivity index (χ1n) is 5.83.